The fourth-order valence-electron chi connectivity index (χ4n) is 2.22. The maximum atomic E-state index is 12.5. The van der Waals surface area contributed by atoms with E-state index in [-0.39, 0.29) is 20.1 Å². The van der Waals surface area contributed by atoms with Crippen molar-refractivity contribution < 1.29 is 17.9 Å². The van der Waals surface area contributed by atoms with Gasteiger partial charge in [-0.15, -0.1) is 10.2 Å². The van der Waals surface area contributed by atoms with Gasteiger partial charge in [0.25, 0.3) is 20.3 Å². The van der Waals surface area contributed by atoms with Crippen LogP contribution in [0.4, 0.5) is 10.8 Å². The van der Waals surface area contributed by atoms with Crippen molar-refractivity contribution >= 4 is 61.3 Å². The van der Waals surface area contributed by atoms with Crippen molar-refractivity contribution in [2.24, 2.45) is 0 Å². The molecule has 2 N–H and O–H groups in total. The molecule has 0 fully saturated rings. The normalized spacial score (nSPS) is 11.1. The molecule has 0 unspecified atom stereocenters. The third-order valence-electron chi connectivity index (χ3n) is 3.43. The fourth-order valence-corrected chi connectivity index (χ4v) is 4.66. The van der Waals surface area contributed by atoms with Gasteiger partial charge in [-0.25, -0.2) is 0 Å². The number of halogens is 2. The van der Waals surface area contributed by atoms with Crippen LogP contribution in [0, 0.1) is 0 Å². The lowest BCUT2D eigenvalue weighted by atomic mass is 10.2. The zero-order valence-electron chi connectivity index (χ0n) is 14.8. The number of hydrogen-bond acceptors (Lipinski definition) is 7. The van der Waals surface area contributed by atoms with Crippen LogP contribution in [0.5, 0.6) is 5.75 Å². The van der Waals surface area contributed by atoms with Crippen LogP contribution in [0.3, 0.4) is 0 Å². The Hall–Kier alpha value is -2.40. The van der Waals surface area contributed by atoms with Gasteiger partial charge in [0.2, 0.25) is 5.13 Å². The van der Waals surface area contributed by atoms with E-state index < -0.39 is 15.9 Å². The summed E-state index contributed by atoms with van der Waals surface area (Å²) in [7, 11) is -3.99. The number of amides is 1. The molecule has 2 aromatic carbocycles. The van der Waals surface area contributed by atoms with Crippen LogP contribution in [0.1, 0.15) is 17.3 Å². The van der Waals surface area contributed by atoms with Crippen LogP contribution < -0.4 is 14.8 Å². The summed E-state index contributed by atoms with van der Waals surface area (Å²) in [5, 5.41) is 10.4. The van der Waals surface area contributed by atoms with Crippen molar-refractivity contribution in [3.05, 3.63) is 58.1 Å². The molecule has 152 valence electrons. The summed E-state index contributed by atoms with van der Waals surface area (Å²) in [6.07, 6.45) is 0. The summed E-state index contributed by atoms with van der Waals surface area (Å²) < 4.78 is 32.5. The van der Waals surface area contributed by atoms with Crippen LogP contribution in [0.2, 0.25) is 10.0 Å². The molecule has 0 saturated heterocycles. The monoisotopic (exact) mass is 472 g/mol. The zero-order chi connectivity index (χ0) is 21.0. The van der Waals surface area contributed by atoms with Crippen LogP contribution in [0.25, 0.3) is 0 Å². The quantitative estimate of drug-likeness (QED) is 0.496. The first kappa shape index (κ1) is 21.3. The minimum Gasteiger partial charge on any atom is -0.494 e. The van der Waals surface area contributed by atoms with E-state index in [0.29, 0.717) is 34.4 Å². The van der Waals surface area contributed by atoms with E-state index in [4.69, 9.17) is 27.9 Å². The molecule has 3 aromatic rings. The Morgan fingerprint density at radius 2 is 1.97 bits per heavy atom. The lowest BCUT2D eigenvalue weighted by Gasteiger charge is -2.07. The Kier molecular flexibility index (Phi) is 6.58. The molecule has 8 nitrogen and oxygen atoms in total. The van der Waals surface area contributed by atoms with Gasteiger partial charge in [-0.1, -0.05) is 40.6 Å². The molecule has 12 heteroatoms. The molecular weight excluding hydrogens is 459 g/mol. The van der Waals surface area contributed by atoms with E-state index in [2.05, 4.69) is 20.2 Å². The van der Waals surface area contributed by atoms with Gasteiger partial charge in [0.05, 0.1) is 22.9 Å². The minimum atomic E-state index is -3.99. The van der Waals surface area contributed by atoms with Gasteiger partial charge >= 0.3 is 0 Å². The fraction of sp³-hybridized carbons (Fsp3) is 0.118. The first-order chi connectivity index (χ1) is 13.8. The van der Waals surface area contributed by atoms with E-state index in [9.17, 15) is 13.2 Å². The number of nitrogens with one attached hydrogen (secondary N) is 2. The van der Waals surface area contributed by atoms with Crippen LogP contribution in [-0.2, 0) is 10.0 Å². The van der Waals surface area contributed by atoms with Crippen LogP contribution >= 0.6 is 34.5 Å². The molecule has 29 heavy (non-hydrogen) atoms. The van der Waals surface area contributed by atoms with Crippen molar-refractivity contribution in [1.29, 1.82) is 0 Å². The standard InChI is InChI=1S/C17H14Cl2N4O4S2/c1-2-27-12-5-3-4-11(9-12)23-29(25,26)17-22-21-16(28-17)20-15(24)13-7-6-10(18)8-14(13)19/h3-9,23H,2H2,1H3,(H,20,21,24). The Morgan fingerprint density at radius 3 is 2.69 bits per heavy atom. The van der Waals surface area contributed by atoms with E-state index in [1.54, 1.807) is 24.3 Å². The van der Waals surface area contributed by atoms with Crippen molar-refractivity contribution in [3.8, 4) is 5.75 Å². The first-order valence-corrected chi connectivity index (χ1v) is 11.2. The summed E-state index contributed by atoms with van der Waals surface area (Å²) in [5.74, 6) is -0.0399. The van der Waals surface area contributed by atoms with Crippen LogP contribution in [0.15, 0.2) is 46.8 Å². The summed E-state index contributed by atoms with van der Waals surface area (Å²) in [5.41, 5.74) is 0.478. The lowest BCUT2D eigenvalue weighted by Crippen LogP contribution is -2.12. The second-order valence-electron chi connectivity index (χ2n) is 5.52. The summed E-state index contributed by atoms with van der Waals surface area (Å²) in [6.45, 7) is 2.28. The minimum absolute atomic E-state index is 0.00413. The molecule has 0 aliphatic carbocycles. The Bertz CT molecular complexity index is 1150. The number of rotatable bonds is 7. The molecule has 1 amide bonds. The maximum absolute atomic E-state index is 12.5. The molecule has 0 spiro atoms. The van der Waals surface area contributed by atoms with Gasteiger partial charge in [0, 0.05) is 11.1 Å². The van der Waals surface area contributed by atoms with Crippen molar-refractivity contribution in [3.63, 3.8) is 0 Å². The van der Waals surface area contributed by atoms with Crippen molar-refractivity contribution in [2.45, 2.75) is 11.3 Å². The first-order valence-electron chi connectivity index (χ1n) is 8.14. The molecule has 0 saturated carbocycles. The van der Waals surface area contributed by atoms with Gasteiger partial charge in [-0.3, -0.25) is 14.8 Å². The van der Waals surface area contributed by atoms with Crippen molar-refractivity contribution in [2.75, 3.05) is 16.6 Å². The van der Waals surface area contributed by atoms with E-state index in [1.165, 1.54) is 18.2 Å². The number of sulfonamides is 1. The Balaban J connectivity index is 1.74. The van der Waals surface area contributed by atoms with Crippen molar-refractivity contribution in [1.82, 2.24) is 10.2 Å². The zero-order valence-corrected chi connectivity index (χ0v) is 18.0. The number of nitrogens with zero attached hydrogens (tertiary/aromatic N) is 2. The average Bonchev–Trinajstić information content (AvgIpc) is 3.11. The number of hydrogen-bond donors (Lipinski definition) is 2. The number of anilines is 2. The number of benzene rings is 2. The second-order valence-corrected chi connectivity index (χ2v) is 9.20. The van der Waals surface area contributed by atoms with Gasteiger partial charge < -0.3 is 4.74 Å². The third-order valence-corrected chi connectivity index (χ3v) is 6.57. The molecule has 0 radical (unpaired) electrons. The summed E-state index contributed by atoms with van der Waals surface area (Å²) >= 11 is 12.5. The summed E-state index contributed by atoms with van der Waals surface area (Å²) in [6, 6.07) is 10.9. The van der Waals surface area contributed by atoms with E-state index in [1.807, 2.05) is 6.92 Å². The van der Waals surface area contributed by atoms with E-state index >= 15 is 0 Å². The smallest absolute Gasteiger partial charge is 0.291 e. The molecule has 0 aliphatic rings. The Labute approximate surface area is 180 Å². The number of carbonyl (C=O) groups excluding carboxylic acids is 1. The molecule has 0 aliphatic heterocycles. The van der Waals surface area contributed by atoms with E-state index in [0.717, 1.165) is 0 Å². The molecule has 3 rings (SSSR count). The lowest BCUT2D eigenvalue weighted by molar-refractivity contribution is 0.102. The SMILES string of the molecule is CCOc1cccc(NS(=O)(=O)c2nnc(NC(=O)c3ccc(Cl)cc3Cl)s2)c1. The molecular formula is C17H14Cl2N4O4S2. The number of ether oxygens (including phenoxy) is 1. The highest BCUT2D eigenvalue weighted by Gasteiger charge is 2.22. The van der Waals surface area contributed by atoms with Gasteiger partial charge in [0.1, 0.15) is 5.75 Å². The van der Waals surface area contributed by atoms with Gasteiger partial charge in [-0.2, -0.15) is 8.42 Å². The van der Waals surface area contributed by atoms with Gasteiger partial charge in [-0.05, 0) is 37.3 Å². The largest absolute Gasteiger partial charge is 0.494 e. The van der Waals surface area contributed by atoms with Crippen LogP contribution in [-0.4, -0.2) is 31.1 Å². The Morgan fingerprint density at radius 1 is 1.17 bits per heavy atom. The third kappa shape index (κ3) is 5.36. The molecule has 1 heterocycles. The molecule has 0 atom stereocenters. The van der Waals surface area contributed by atoms with Gasteiger partial charge in [0.15, 0.2) is 0 Å². The second kappa shape index (κ2) is 8.95. The summed E-state index contributed by atoms with van der Waals surface area (Å²) in [4.78, 5) is 12.3. The average molecular weight is 473 g/mol. The molecule has 1 aromatic heterocycles. The predicted octanol–water partition coefficient (Wildman–Crippen LogP) is 4.30. The predicted molar refractivity (Wildman–Crippen MR) is 113 cm³/mol. The highest BCUT2D eigenvalue weighted by molar-refractivity contribution is 7.94. The topological polar surface area (TPSA) is 110 Å². The highest BCUT2D eigenvalue weighted by atomic mass is 35.5. The highest BCUT2D eigenvalue weighted by Crippen LogP contribution is 2.26. The molecule has 0 bridgehead atoms. The number of carbonyl (C=O) groups is 1. The number of aromatic nitrogens is 2. The maximum Gasteiger partial charge on any atom is 0.291 e.